The summed E-state index contributed by atoms with van der Waals surface area (Å²) >= 11 is 0. The van der Waals surface area contributed by atoms with E-state index < -0.39 is 5.60 Å². The summed E-state index contributed by atoms with van der Waals surface area (Å²) in [5, 5.41) is 13.6. The lowest BCUT2D eigenvalue weighted by Gasteiger charge is -2.33. The van der Waals surface area contributed by atoms with Gasteiger partial charge in [-0.05, 0) is 60.4 Å². The van der Waals surface area contributed by atoms with Crippen molar-refractivity contribution in [1.29, 1.82) is 0 Å². The van der Waals surface area contributed by atoms with Crippen molar-refractivity contribution in [2.24, 2.45) is 0 Å². The Labute approximate surface area is 112 Å². The summed E-state index contributed by atoms with van der Waals surface area (Å²) in [7, 11) is 6.21. The minimum atomic E-state index is -0.637. The van der Waals surface area contributed by atoms with Gasteiger partial charge in [0, 0.05) is 19.1 Å². The number of likely N-dealkylation sites (tertiary alicyclic amines) is 1. The van der Waals surface area contributed by atoms with Crippen LogP contribution in [0.1, 0.15) is 32.6 Å². The van der Waals surface area contributed by atoms with E-state index in [2.05, 4.69) is 17.3 Å². The van der Waals surface area contributed by atoms with Crippen molar-refractivity contribution in [3.63, 3.8) is 0 Å². The van der Waals surface area contributed by atoms with Crippen LogP contribution in [-0.2, 0) is 0 Å². The molecule has 0 aliphatic carbocycles. The molecule has 4 nitrogen and oxygen atoms in total. The largest absolute Gasteiger partial charge is 0.388 e. The van der Waals surface area contributed by atoms with Crippen molar-refractivity contribution in [3.8, 4) is 0 Å². The molecule has 1 aliphatic rings. The van der Waals surface area contributed by atoms with E-state index in [0.717, 1.165) is 12.6 Å². The number of hydrogen-bond donors (Lipinski definition) is 2. The molecule has 0 aromatic rings. The molecular formula is C14H31N3O. The number of nitrogens with zero attached hydrogens (tertiary/aromatic N) is 2. The molecule has 2 unspecified atom stereocenters. The van der Waals surface area contributed by atoms with Crippen LogP contribution in [0, 0.1) is 0 Å². The number of hydrogen-bond acceptors (Lipinski definition) is 4. The Balaban J connectivity index is 2.14. The maximum absolute atomic E-state index is 10.2. The van der Waals surface area contributed by atoms with Gasteiger partial charge in [-0.3, -0.25) is 0 Å². The predicted molar refractivity (Wildman–Crippen MR) is 76.9 cm³/mol. The summed E-state index contributed by atoms with van der Waals surface area (Å²) in [5.41, 5.74) is -0.637. The third-order valence-electron chi connectivity index (χ3n) is 3.74. The van der Waals surface area contributed by atoms with Gasteiger partial charge >= 0.3 is 0 Å². The third kappa shape index (κ3) is 6.14. The Morgan fingerprint density at radius 2 is 2.11 bits per heavy atom. The smallest absolute Gasteiger partial charge is 0.0869 e. The lowest BCUT2D eigenvalue weighted by Crippen LogP contribution is -2.46. The fourth-order valence-corrected chi connectivity index (χ4v) is 2.87. The zero-order chi connectivity index (χ0) is 13.6. The minimum absolute atomic E-state index is 0.637. The van der Waals surface area contributed by atoms with E-state index in [0.29, 0.717) is 13.1 Å². The fraction of sp³-hybridized carbons (Fsp3) is 1.00. The van der Waals surface area contributed by atoms with Crippen LogP contribution < -0.4 is 5.32 Å². The molecule has 1 fully saturated rings. The van der Waals surface area contributed by atoms with E-state index in [9.17, 15) is 5.11 Å². The average Bonchev–Trinajstić information content (AvgIpc) is 2.25. The van der Waals surface area contributed by atoms with Crippen LogP contribution in [0.25, 0.3) is 0 Å². The first-order valence-corrected chi connectivity index (χ1v) is 7.19. The predicted octanol–water partition coefficient (Wildman–Crippen LogP) is 0.763. The Morgan fingerprint density at radius 1 is 1.39 bits per heavy atom. The van der Waals surface area contributed by atoms with Gasteiger partial charge in [0.05, 0.1) is 5.60 Å². The molecule has 1 aliphatic heterocycles. The standard InChI is InChI=1S/C14H31N3O/c1-14(18,12-16(2)3)11-15-9-8-13-7-5-6-10-17(13)4/h13,15,18H,5-12H2,1-4H3. The van der Waals surface area contributed by atoms with E-state index in [4.69, 9.17) is 0 Å². The molecule has 1 rings (SSSR count). The number of aliphatic hydroxyl groups is 1. The van der Waals surface area contributed by atoms with Gasteiger partial charge in [-0.25, -0.2) is 0 Å². The zero-order valence-corrected chi connectivity index (χ0v) is 12.6. The highest BCUT2D eigenvalue weighted by molar-refractivity contribution is 4.79. The van der Waals surface area contributed by atoms with Crippen molar-refractivity contribution in [2.75, 3.05) is 47.3 Å². The second kappa shape index (κ2) is 7.43. The summed E-state index contributed by atoms with van der Waals surface area (Å²) in [6.07, 6.45) is 5.23. The molecule has 0 spiro atoms. The van der Waals surface area contributed by atoms with Crippen LogP contribution in [0.15, 0.2) is 0 Å². The Hall–Kier alpha value is -0.160. The van der Waals surface area contributed by atoms with Crippen molar-refractivity contribution in [2.45, 2.75) is 44.2 Å². The number of likely N-dealkylation sites (N-methyl/N-ethyl adjacent to an activating group) is 1. The number of piperidine rings is 1. The molecule has 18 heavy (non-hydrogen) atoms. The topological polar surface area (TPSA) is 38.7 Å². The Bertz CT molecular complexity index is 231. The summed E-state index contributed by atoms with van der Waals surface area (Å²) < 4.78 is 0. The van der Waals surface area contributed by atoms with Gasteiger partial charge in [-0.1, -0.05) is 6.42 Å². The molecule has 0 aromatic heterocycles. The van der Waals surface area contributed by atoms with Crippen LogP contribution in [0.2, 0.25) is 0 Å². The summed E-state index contributed by atoms with van der Waals surface area (Å²) in [5.74, 6) is 0. The molecule has 1 heterocycles. The molecule has 0 aromatic carbocycles. The number of rotatable bonds is 7. The van der Waals surface area contributed by atoms with E-state index in [1.165, 1.54) is 32.2 Å². The first-order valence-electron chi connectivity index (χ1n) is 7.19. The van der Waals surface area contributed by atoms with Gasteiger partial charge in [-0.15, -0.1) is 0 Å². The maximum atomic E-state index is 10.2. The third-order valence-corrected chi connectivity index (χ3v) is 3.74. The minimum Gasteiger partial charge on any atom is -0.388 e. The highest BCUT2D eigenvalue weighted by atomic mass is 16.3. The zero-order valence-electron chi connectivity index (χ0n) is 12.6. The molecule has 108 valence electrons. The number of nitrogens with one attached hydrogen (secondary N) is 1. The molecule has 2 atom stereocenters. The monoisotopic (exact) mass is 257 g/mol. The SMILES string of the molecule is CN(C)CC(C)(O)CNCCC1CCCCN1C. The van der Waals surface area contributed by atoms with E-state index in [1.807, 2.05) is 25.9 Å². The quantitative estimate of drug-likeness (QED) is 0.661. The van der Waals surface area contributed by atoms with Crippen molar-refractivity contribution in [1.82, 2.24) is 15.1 Å². The van der Waals surface area contributed by atoms with Crippen LogP contribution in [0.3, 0.4) is 0 Å². The molecule has 0 saturated carbocycles. The van der Waals surface area contributed by atoms with Crippen molar-refractivity contribution >= 4 is 0 Å². The fourth-order valence-electron chi connectivity index (χ4n) is 2.87. The van der Waals surface area contributed by atoms with E-state index in [1.54, 1.807) is 0 Å². The van der Waals surface area contributed by atoms with Gasteiger partial charge in [0.25, 0.3) is 0 Å². The van der Waals surface area contributed by atoms with Gasteiger partial charge in [0.2, 0.25) is 0 Å². The first-order chi connectivity index (χ1) is 8.41. The van der Waals surface area contributed by atoms with Gasteiger partial charge < -0.3 is 20.2 Å². The van der Waals surface area contributed by atoms with Crippen LogP contribution >= 0.6 is 0 Å². The highest BCUT2D eigenvalue weighted by Crippen LogP contribution is 2.17. The van der Waals surface area contributed by atoms with Crippen LogP contribution in [0.5, 0.6) is 0 Å². The molecule has 1 saturated heterocycles. The van der Waals surface area contributed by atoms with E-state index >= 15 is 0 Å². The Kier molecular flexibility index (Phi) is 6.57. The second-order valence-corrected chi connectivity index (χ2v) is 6.33. The molecule has 0 radical (unpaired) electrons. The molecule has 4 heteroatoms. The summed E-state index contributed by atoms with van der Waals surface area (Å²) in [4.78, 5) is 4.50. The van der Waals surface area contributed by atoms with Gasteiger partial charge in [0.1, 0.15) is 0 Å². The second-order valence-electron chi connectivity index (χ2n) is 6.33. The molecule has 2 N–H and O–H groups in total. The van der Waals surface area contributed by atoms with Crippen LogP contribution in [0.4, 0.5) is 0 Å². The van der Waals surface area contributed by atoms with E-state index in [-0.39, 0.29) is 0 Å². The summed E-state index contributed by atoms with van der Waals surface area (Å²) in [6, 6.07) is 0.727. The molecular weight excluding hydrogens is 226 g/mol. The molecule has 0 bridgehead atoms. The van der Waals surface area contributed by atoms with Crippen molar-refractivity contribution < 1.29 is 5.11 Å². The lowest BCUT2D eigenvalue weighted by atomic mass is 10.00. The highest BCUT2D eigenvalue weighted by Gasteiger charge is 2.22. The lowest BCUT2D eigenvalue weighted by molar-refractivity contribution is 0.0333. The maximum Gasteiger partial charge on any atom is 0.0869 e. The van der Waals surface area contributed by atoms with Gasteiger partial charge in [-0.2, -0.15) is 0 Å². The average molecular weight is 257 g/mol. The first kappa shape index (κ1) is 15.9. The normalized spacial score (nSPS) is 25.3. The van der Waals surface area contributed by atoms with Crippen LogP contribution in [-0.4, -0.2) is 73.9 Å². The van der Waals surface area contributed by atoms with Crippen molar-refractivity contribution in [3.05, 3.63) is 0 Å². The Morgan fingerprint density at radius 3 is 2.72 bits per heavy atom. The molecule has 0 amide bonds. The van der Waals surface area contributed by atoms with Gasteiger partial charge in [0.15, 0.2) is 0 Å². The summed E-state index contributed by atoms with van der Waals surface area (Å²) in [6.45, 7) is 5.50.